The third-order valence-electron chi connectivity index (χ3n) is 3.29. The zero-order valence-corrected chi connectivity index (χ0v) is 15.4. The van der Waals surface area contributed by atoms with Crippen molar-refractivity contribution < 1.29 is 17.9 Å². The van der Waals surface area contributed by atoms with E-state index in [0.29, 0.717) is 0 Å². The smallest absolute Gasteiger partial charge is 0.416 e. The van der Waals surface area contributed by atoms with Gasteiger partial charge in [-0.05, 0) is 12.1 Å². The van der Waals surface area contributed by atoms with Crippen molar-refractivity contribution in [2.75, 3.05) is 7.11 Å². The molecule has 1 heterocycles. The second-order valence-corrected chi connectivity index (χ2v) is 5.88. The summed E-state index contributed by atoms with van der Waals surface area (Å²) < 4.78 is 44.8. The van der Waals surface area contributed by atoms with Crippen molar-refractivity contribution in [3.63, 3.8) is 0 Å². The number of nitrogens with two attached hydrogens (primary N) is 1. The molecule has 2 aromatic rings. The highest BCUT2D eigenvalue weighted by atomic mass is 35.5. The lowest BCUT2D eigenvalue weighted by atomic mass is 10.2. The Kier molecular flexibility index (Phi) is 6.19. The van der Waals surface area contributed by atoms with Gasteiger partial charge in [-0.25, -0.2) is 9.67 Å². The number of aliphatic imine (C=N–C) groups is 1. The van der Waals surface area contributed by atoms with Crippen LogP contribution in [0, 0.1) is 22.7 Å². The molecule has 28 heavy (non-hydrogen) atoms. The molecule has 1 aromatic heterocycles. The molecule has 0 saturated heterocycles. The Morgan fingerprint density at radius 1 is 1.29 bits per heavy atom. The largest absolute Gasteiger partial charge is 0.479 e. The van der Waals surface area contributed by atoms with Crippen molar-refractivity contribution in [3.05, 3.63) is 50.9 Å². The lowest BCUT2D eigenvalue weighted by Gasteiger charge is -2.12. The SMILES string of the molecule is COc1nn(-c2c(Cl)cc(C(F)(F)F)cc2Cl)cc1/C=N/C(C#N)=C(\N)C#N. The molecule has 0 aliphatic rings. The van der Waals surface area contributed by atoms with Crippen LogP contribution in [0.2, 0.25) is 10.0 Å². The van der Waals surface area contributed by atoms with Crippen LogP contribution in [0.5, 0.6) is 5.88 Å². The second-order valence-electron chi connectivity index (χ2n) is 5.07. The van der Waals surface area contributed by atoms with Crippen molar-refractivity contribution in [3.8, 4) is 23.7 Å². The molecule has 0 fully saturated rings. The molecule has 7 nitrogen and oxygen atoms in total. The van der Waals surface area contributed by atoms with Crippen LogP contribution >= 0.6 is 23.2 Å². The summed E-state index contributed by atoms with van der Waals surface area (Å²) in [6.45, 7) is 0. The fraction of sp³-hybridized carbons (Fsp3) is 0.125. The van der Waals surface area contributed by atoms with Crippen LogP contribution in [0.25, 0.3) is 5.69 Å². The molecule has 2 rings (SSSR count). The van der Waals surface area contributed by atoms with Crippen LogP contribution < -0.4 is 10.5 Å². The number of methoxy groups -OCH3 is 1. The number of alkyl halides is 3. The Bertz CT molecular complexity index is 1040. The van der Waals surface area contributed by atoms with Crippen molar-refractivity contribution in [1.82, 2.24) is 9.78 Å². The monoisotopic (exact) mass is 428 g/mol. The maximum absolute atomic E-state index is 12.9. The number of benzene rings is 1. The third kappa shape index (κ3) is 4.36. The lowest BCUT2D eigenvalue weighted by Crippen LogP contribution is -2.07. The molecule has 12 heteroatoms. The minimum Gasteiger partial charge on any atom is -0.479 e. The first-order valence-electron chi connectivity index (χ1n) is 7.16. The molecule has 0 aliphatic heterocycles. The lowest BCUT2D eigenvalue weighted by molar-refractivity contribution is -0.137. The zero-order valence-electron chi connectivity index (χ0n) is 13.9. The first-order valence-corrected chi connectivity index (χ1v) is 7.92. The van der Waals surface area contributed by atoms with E-state index in [4.69, 9.17) is 44.2 Å². The van der Waals surface area contributed by atoms with Gasteiger partial charge >= 0.3 is 6.18 Å². The van der Waals surface area contributed by atoms with E-state index in [1.54, 1.807) is 12.1 Å². The predicted molar refractivity (Wildman–Crippen MR) is 95.2 cm³/mol. The van der Waals surface area contributed by atoms with Gasteiger partial charge < -0.3 is 10.5 Å². The molecule has 0 radical (unpaired) electrons. The van der Waals surface area contributed by atoms with E-state index in [1.807, 2.05) is 0 Å². The first kappa shape index (κ1) is 21.1. The number of nitrogens with zero attached hydrogens (tertiary/aromatic N) is 5. The van der Waals surface area contributed by atoms with Crippen molar-refractivity contribution in [1.29, 1.82) is 10.5 Å². The molecule has 0 spiro atoms. The van der Waals surface area contributed by atoms with Gasteiger partial charge in [-0.15, -0.1) is 5.10 Å². The number of hydrogen-bond acceptors (Lipinski definition) is 6. The molecule has 0 aliphatic carbocycles. The van der Waals surface area contributed by atoms with E-state index < -0.39 is 11.7 Å². The Morgan fingerprint density at radius 3 is 2.36 bits per heavy atom. The maximum atomic E-state index is 12.9. The van der Waals surface area contributed by atoms with Gasteiger partial charge in [-0.3, -0.25) is 0 Å². The quantitative estimate of drug-likeness (QED) is 0.586. The fourth-order valence-corrected chi connectivity index (χ4v) is 2.69. The number of aromatic nitrogens is 2. The zero-order chi connectivity index (χ0) is 21.1. The van der Waals surface area contributed by atoms with Gasteiger partial charge in [0.1, 0.15) is 23.5 Å². The van der Waals surface area contributed by atoms with Crippen LogP contribution in [0.3, 0.4) is 0 Å². The van der Waals surface area contributed by atoms with E-state index in [-0.39, 0.29) is 38.6 Å². The standard InChI is InChI=1S/C16H9Cl2F3N6O/c1-28-15-8(6-25-13(5-23)12(24)4-22)7-27(26-15)14-10(17)2-9(3-11(14)18)16(19,20)21/h2-3,6-7H,24H2,1H3/b13-12-,25-6+. The predicted octanol–water partition coefficient (Wildman–Crippen LogP) is 3.84. The summed E-state index contributed by atoms with van der Waals surface area (Å²) >= 11 is 11.9. The topological polar surface area (TPSA) is 113 Å². The van der Waals surface area contributed by atoms with Gasteiger partial charge in [0.2, 0.25) is 5.88 Å². The van der Waals surface area contributed by atoms with Crippen LogP contribution in [-0.4, -0.2) is 23.1 Å². The highest BCUT2D eigenvalue weighted by Gasteiger charge is 2.32. The first-order chi connectivity index (χ1) is 13.1. The minimum absolute atomic E-state index is 0.0122. The summed E-state index contributed by atoms with van der Waals surface area (Å²) in [5.74, 6) is 0.0172. The van der Waals surface area contributed by atoms with Crippen LogP contribution in [0.1, 0.15) is 11.1 Å². The number of nitriles is 2. The van der Waals surface area contributed by atoms with E-state index in [9.17, 15) is 13.2 Å². The Labute approximate surface area is 166 Å². The number of halogens is 5. The molecule has 0 bridgehead atoms. The number of rotatable bonds is 4. The van der Waals surface area contributed by atoms with Gasteiger partial charge in [0.05, 0.1) is 28.3 Å². The number of hydrogen-bond donors (Lipinski definition) is 1. The molecular formula is C16H9Cl2F3N6O. The van der Waals surface area contributed by atoms with E-state index in [1.165, 1.54) is 13.3 Å². The molecule has 0 amide bonds. The van der Waals surface area contributed by atoms with Crippen molar-refractivity contribution in [2.45, 2.75) is 6.18 Å². The van der Waals surface area contributed by atoms with Gasteiger partial charge in [-0.1, -0.05) is 23.2 Å². The average Bonchev–Trinajstić information content (AvgIpc) is 3.03. The van der Waals surface area contributed by atoms with E-state index >= 15 is 0 Å². The van der Waals surface area contributed by atoms with Crippen LogP contribution in [0.15, 0.2) is 34.7 Å². The molecule has 0 saturated carbocycles. The third-order valence-corrected chi connectivity index (χ3v) is 3.86. The summed E-state index contributed by atoms with van der Waals surface area (Å²) in [6.07, 6.45) is -2.15. The van der Waals surface area contributed by atoms with Crippen molar-refractivity contribution >= 4 is 29.4 Å². The normalized spacial score (nSPS) is 12.4. The van der Waals surface area contributed by atoms with Gasteiger partial charge in [0.15, 0.2) is 5.70 Å². The van der Waals surface area contributed by atoms with Gasteiger partial charge in [0, 0.05) is 12.4 Å². The summed E-state index contributed by atoms with van der Waals surface area (Å²) in [5, 5.41) is 21.1. The number of allylic oxidation sites excluding steroid dienone is 2. The highest BCUT2D eigenvalue weighted by molar-refractivity contribution is 6.37. The average molecular weight is 429 g/mol. The van der Waals surface area contributed by atoms with E-state index in [2.05, 4.69) is 10.1 Å². The van der Waals surface area contributed by atoms with Crippen LogP contribution in [-0.2, 0) is 6.18 Å². The molecule has 1 aromatic carbocycles. The summed E-state index contributed by atoms with van der Waals surface area (Å²) in [4.78, 5) is 3.79. The molecule has 0 unspecified atom stereocenters. The number of ether oxygens (including phenoxy) is 1. The molecule has 144 valence electrons. The van der Waals surface area contributed by atoms with Crippen LogP contribution in [0.4, 0.5) is 13.2 Å². The Hall–Kier alpha value is -3.21. The minimum atomic E-state index is -4.62. The van der Waals surface area contributed by atoms with Gasteiger partial charge in [0.25, 0.3) is 0 Å². The maximum Gasteiger partial charge on any atom is 0.416 e. The summed E-state index contributed by atoms with van der Waals surface area (Å²) in [6, 6.07) is 4.68. The second kappa shape index (κ2) is 8.21. The van der Waals surface area contributed by atoms with E-state index in [0.717, 1.165) is 23.0 Å². The summed E-state index contributed by atoms with van der Waals surface area (Å²) in [5.41, 5.74) is 3.84. The Balaban J connectivity index is 2.54. The highest BCUT2D eigenvalue weighted by Crippen LogP contribution is 2.37. The molecule has 0 atom stereocenters. The molecule has 2 N–H and O–H groups in total. The molecular weight excluding hydrogens is 420 g/mol. The summed E-state index contributed by atoms with van der Waals surface area (Å²) in [7, 11) is 1.30. The fourth-order valence-electron chi connectivity index (χ4n) is 2.03. The van der Waals surface area contributed by atoms with Crippen molar-refractivity contribution in [2.24, 2.45) is 10.7 Å². The Morgan fingerprint density at radius 2 is 1.89 bits per heavy atom. The van der Waals surface area contributed by atoms with Gasteiger partial charge in [-0.2, -0.15) is 23.7 Å².